The number of hydrogen-bond acceptors (Lipinski definition) is 2. The Kier molecular flexibility index (Phi) is 4.21. The van der Waals surface area contributed by atoms with E-state index in [9.17, 15) is 4.79 Å². The first-order valence-corrected chi connectivity index (χ1v) is 9.43. The van der Waals surface area contributed by atoms with Gasteiger partial charge in [0.05, 0.1) is 11.1 Å². The molecule has 0 radical (unpaired) electrons. The maximum atomic E-state index is 13.2. The first-order valence-electron chi connectivity index (χ1n) is 9.05. The number of rotatable bonds is 2. The first kappa shape index (κ1) is 15.9. The second kappa shape index (κ2) is 6.36. The summed E-state index contributed by atoms with van der Waals surface area (Å²) in [6.07, 6.45) is 7.74. The van der Waals surface area contributed by atoms with Gasteiger partial charge in [0.1, 0.15) is 0 Å². The summed E-state index contributed by atoms with van der Waals surface area (Å²) >= 11 is 6.20. The minimum absolute atomic E-state index is 0.0570. The molecule has 3 nitrogen and oxygen atoms in total. The molecule has 1 heterocycles. The summed E-state index contributed by atoms with van der Waals surface area (Å²) < 4.78 is 0. The molecule has 2 atom stereocenters. The molecule has 24 heavy (non-hydrogen) atoms. The molecule has 1 N–H and O–H groups in total. The van der Waals surface area contributed by atoms with Crippen LogP contribution in [0.15, 0.2) is 18.2 Å². The molecule has 2 aliphatic carbocycles. The Bertz CT molecular complexity index is 802. The van der Waals surface area contributed by atoms with Gasteiger partial charge < -0.3 is 5.32 Å². The molecule has 0 bridgehead atoms. The van der Waals surface area contributed by atoms with Crippen molar-refractivity contribution >= 4 is 28.4 Å². The van der Waals surface area contributed by atoms with Crippen LogP contribution in [0, 0.1) is 5.92 Å². The zero-order chi connectivity index (χ0) is 16.7. The molecule has 4 heteroatoms. The van der Waals surface area contributed by atoms with Crippen LogP contribution in [0.2, 0.25) is 5.02 Å². The number of benzene rings is 1. The second-order valence-electron chi connectivity index (χ2n) is 7.27. The molecule has 0 saturated heterocycles. The van der Waals surface area contributed by atoms with Gasteiger partial charge in [-0.2, -0.15) is 0 Å². The lowest BCUT2D eigenvalue weighted by Gasteiger charge is -2.30. The van der Waals surface area contributed by atoms with Crippen molar-refractivity contribution in [2.75, 3.05) is 0 Å². The summed E-state index contributed by atoms with van der Waals surface area (Å²) in [4.78, 5) is 17.9. The van der Waals surface area contributed by atoms with Gasteiger partial charge in [0.25, 0.3) is 5.91 Å². The number of carbonyl (C=O) groups is 1. The van der Waals surface area contributed by atoms with E-state index in [1.807, 2.05) is 18.2 Å². The van der Waals surface area contributed by atoms with Gasteiger partial charge in [0.15, 0.2) is 0 Å². The molecule has 0 aliphatic heterocycles. The predicted octanol–water partition coefficient (Wildman–Crippen LogP) is 4.69. The zero-order valence-electron chi connectivity index (χ0n) is 14.1. The summed E-state index contributed by atoms with van der Waals surface area (Å²) in [5.41, 5.74) is 3.91. The van der Waals surface area contributed by atoms with Crippen LogP contribution in [0.5, 0.6) is 0 Å². The number of carbonyl (C=O) groups excluding carboxylic acids is 1. The first-order chi connectivity index (χ1) is 11.6. The number of pyridine rings is 1. The molecule has 1 aromatic heterocycles. The monoisotopic (exact) mass is 342 g/mol. The SMILES string of the molecule is CC1CCCCC1NC(=O)c1c2c(nc3ccc(Cl)cc13)CCC2. The minimum atomic E-state index is 0.0570. The zero-order valence-corrected chi connectivity index (χ0v) is 14.8. The number of hydrogen-bond donors (Lipinski definition) is 1. The van der Waals surface area contributed by atoms with Crippen LogP contribution in [-0.4, -0.2) is 16.9 Å². The molecule has 1 fully saturated rings. The fourth-order valence-electron chi connectivity index (χ4n) is 4.27. The predicted molar refractivity (Wildman–Crippen MR) is 97.7 cm³/mol. The van der Waals surface area contributed by atoms with Gasteiger partial charge in [-0.1, -0.05) is 31.4 Å². The fraction of sp³-hybridized carbons (Fsp3) is 0.500. The summed E-state index contributed by atoms with van der Waals surface area (Å²) in [7, 11) is 0. The van der Waals surface area contributed by atoms with E-state index >= 15 is 0 Å². The second-order valence-corrected chi connectivity index (χ2v) is 7.71. The van der Waals surface area contributed by atoms with E-state index in [-0.39, 0.29) is 11.9 Å². The highest BCUT2D eigenvalue weighted by Gasteiger charge is 2.28. The summed E-state index contributed by atoms with van der Waals surface area (Å²) in [6.45, 7) is 2.25. The van der Waals surface area contributed by atoms with E-state index in [2.05, 4.69) is 12.2 Å². The quantitative estimate of drug-likeness (QED) is 0.860. The third-order valence-electron chi connectivity index (χ3n) is 5.63. The Morgan fingerprint density at radius 3 is 2.88 bits per heavy atom. The van der Waals surface area contributed by atoms with Gasteiger partial charge in [-0.15, -0.1) is 0 Å². The van der Waals surface area contributed by atoms with Crippen molar-refractivity contribution in [3.05, 3.63) is 40.0 Å². The molecule has 0 spiro atoms. The maximum Gasteiger partial charge on any atom is 0.252 e. The third kappa shape index (κ3) is 2.79. The van der Waals surface area contributed by atoms with E-state index in [1.165, 1.54) is 19.3 Å². The average molecular weight is 343 g/mol. The van der Waals surface area contributed by atoms with Gasteiger partial charge in [0.2, 0.25) is 0 Å². The van der Waals surface area contributed by atoms with Crippen LogP contribution in [0.25, 0.3) is 10.9 Å². The Balaban J connectivity index is 1.77. The number of aromatic nitrogens is 1. The lowest BCUT2D eigenvalue weighted by molar-refractivity contribution is 0.0911. The lowest BCUT2D eigenvalue weighted by Crippen LogP contribution is -2.41. The van der Waals surface area contributed by atoms with E-state index in [4.69, 9.17) is 16.6 Å². The molecule has 1 amide bonds. The van der Waals surface area contributed by atoms with Crippen molar-refractivity contribution in [2.24, 2.45) is 5.92 Å². The van der Waals surface area contributed by atoms with Crippen LogP contribution < -0.4 is 5.32 Å². The highest BCUT2D eigenvalue weighted by atomic mass is 35.5. The highest BCUT2D eigenvalue weighted by molar-refractivity contribution is 6.31. The normalized spacial score (nSPS) is 23.2. The van der Waals surface area contributed by atoms with Gasteiger partial charge in [0, 0.05) is 22.1 Å². The van der Waals surface area contributed by atoms with Crippen LogP contribution in [0.3, 0.4) is 0 Å². The van der Waals surface area contributed by atoms with Crippen molar-refractivity contribution in [3.63, 3.8) is 0 Å². The molecule has 1 aromatic carbocycles. The average Bonchev–Trinajstić information content (AvgIpc) is 3.02. The standard InChI is InChI=1S/C20H23ClN2O/c1-12-5-2-3-7-16(12)23-20(24)19-14-6-4-8-17(14)22-18-10-9-13(21)11-15(18)19/h9-12,16H,2-8H2,1H3,(H,23,24). The Morgan fingerprint density at radius 2 is 2.04 bits per heavy atom. The molecular formula is C20H23ClN2O. The molecule has 1 saturated carbocycles. The number of nitrogens with zero attached hydrogens (tertiary/aromatic N) is 1. The van der Waals surface area contributed by atoms with E-state index in [0.717, 1.165) is 53.4 Å². The number of nitrogens with one attached hydrogen (secondary N) is 1. The van der Waals surface area contributed by atoms with Gasteiger partial charge in [-0.05, 0) is 61.8 Å². The highest BCUT2D eigenvalue weighted by Crippen LogP contribution is 2.32. The van der Waals surface area contributed by atoms with Crippen LogP contribution in [0.4, 0.5) is 0 Å². The number of fused-ring (bicyclic) bond motifs is 2. The Hall–Kier alpha value is -1.61. The minimum Gasteiger partial charge on any atom is -0.349 e. The number of aryl methyl sites for hydroxylation is 1. The van der Waals surface area contributed by atoms with E-state index < -0.39 is 0 Å². The number of amides is 1. The van der Waals surface area contributed by atoms with Crippen LogP contribution >= 0.6 is 11.6 Å². The van der Waals surface area contributed by atoms with Crippen LogP contribution in [-0.2, 0) is 12.8 Å². The largest absolute Gasteiger partial charge is 0.349 e. The van der Waals surface area contributed by atoms with E-state index in [1.54, 1.807) is 0 Å². The third-order valence-corrected chi connectivity index (χ3v) is 5.86. The Morgan fingerprint density at radius 1 is 1.21 bits per heavy atom. The van der Waals surface area contributed by atoms with Crippen molar-refractivity contribution < 1.29 is 4.79 Å². The molecule has 4 rings (SSSR count). The van der Waals surface area contributed by atoms with Crippen molar-refractivity contribution in [1.82, 2.24) is 10.3 Å². The van der Waals surface area contributed by atoms with E-state index in [0.29, 0.717) is 10.9 Å². The molecular weight excluding hydrogens is 320 g/mol. The van der Waals surface area contributed by atoms with Crippen molar-refractivity contribution in [2.45, 2.75) is 57.9 Å². The number of halogens is 1. The fourth-order valence-corrected chi connectivity index (χ4v) is 4.44. The lowest BCUT2D eigenvalue weighted by atomic mass is 9.85. The molecule has 2 aliphatic rings. The maximum absolute atomic E-state index is 13.2. The van der Waals surface area contributed by atoms with Gasteiger partial charge in [-0.3, -0.25) is 9.78 Å². The topological polar surface area (TPSA) is 42.0 Å². The van der Waals surface area contributed by atoms with Crippen LogP contribution in [0.1, 0.15) is 60.6 Å². The molecule has 2 aromatic rings. The van der Waals surface area contributed by atoms with Gasteiger partial charge >= 0.3 is 0 Å². The van der Waals surface area contributed by atoms with Crippen molar-refractivity contribution in [3.8, 4) is 0 Å². The smallest absolute Gasteiger partial charge is 0.252 e. The summed E-state index contributed by atoms with van der Waals surface area (Å²) in [5.74, 6) is 0.606. The Labute approximate surface area is 147 Å². The van der Waals surface area contributed by atoms with Crippen molar-refractivity contribution in [1.29, 1.82) is 0 Å². The molecule has 2 unspecified atom stereocenters. The summed E-state index contributed by atoms with van der Waals surface area (Å²) in [5, 5.41) is 4.86. The molecule has 126 valence electrons. The van der Waals surface area contributed by atoms with Gasteiger partial charge in [-0.25, -0.2) is 0 Å². The summed E-state index contributed by atoms with van der Waals surface area (Å²) in [6, 6.07) is 5.95.